The summed E-state index contributed by atoms with van der Waals surface area (Å²) < 4.78 is 2.08. The molecule has 2 saturated carbocycles. The third-order valence-corrected chi connectivity index (χ3v) is 12.5. The Kier molecular flexibility index (Phi) is 7.62. The van der Waals surface area contributed by atoms with Crippen LogP contribution < -0.4 is 16.0 Å². The van der Waals surface area contributed by atoms with Gasteiger partial charge in [0.2, 0.25) is 11.8 Å². The Morgan fingerprint density at radius 1 is 1.02 bits per heavy atom. The summed E-state index contributed by atoms with van der Waals surface area (Å²) in [6.45, 7) is 6.20. The summed E-state index contributed by atoms with van der Waals surface area (Å²) in [6, 6.07) is 17.8. The SMILES string of the molecule is Cc1sc2c(c1C)C(c1ccc(Cl)cc1)=N[C@@H](CC(=O)NC1CC3(C1)CC(Nc1ncccc1-c1ccc4c(c1)CC(=O)N4)C3)c1nnc(C)n1-2. The quantitative estimate of drug-likeness (QED) is 0.163. The Hall–Kier alpha value is -4.87. The largest absolute Gasteiger partial charge is 0.367 e. The van der Waals surface area contributed by atoms with Gasteiger partial charge in [-0.1, -0.05) is 29.8 Å². The molecule has 0 radical (unpaired) electrons. The average Bonchev–Trinajstić information content (AvgIpc) is 3.71. The first-order valence-electron chi connectivity index (χ1n) is 17.4. The van der Waals surface area contributed by atoms with Crippen LogP contribution in [0.15, 0.2) is 65.8 Å². The van der Waals surface area contributed by atoms with E-state index in [1.165, 1.54) is 10.4 Å². The number of fused-ring (bicyclic) bond motifs is 4. The molecule has 1 spiro atoms. The number of aliphatic imine (C=N–C) groups is 1. The number of hydrogen-bond donors (Lipinski definition) is 3. The Balaban J connectivity index is 0.865. The number of pyridine rings is 1. The number of anilines is 2. The van der Waals surface area contributed by atoms with Gasteiger partial charge < -0.3 is 16.0 Å². The number of amides is 2. The van der Waals surface area contributed by atoms with Crippen molar-refractivity contribution in [3.63, 3.8) is 0 Å². The molecule has 0 saturated heterocycles. The molecule has 51 heavy (non-hydrogen) atoms. The van der Waals surface area contributed by atoms with Crippen molar-refractivity contribution in [3.8, 4) is 16.1 Å². The lowest BCUT2D eigenvalue weighted by atomic mass is 9.52. The minimum atomic E-state index is -0.488. The monoisotopic (exact) mass is 716 g/mol. The summed E-state index contributed by atoms with van der Waals surface area (Å²) in [5.41, 5.74) is 8.26. The first-order chi connectivity index (χ1) is 24.6. The van der Waals surface area contributed by atoms with Crippen LogP contribution in [0.3, 0.4) is 0 Å². The van der Waals surface area contributed by atoms with Crippen molar-refractivity contribution >= 4 is 52.0 Å². The lowest BCUT2D eigenvalue weighted by Crippen LogP contribution is -2.59. The second-order valence-corrected chi connectivity index (χ2v) is 16.2. The first kappa shape index (κ1) is 32.1. The van der Waals surface area contributed by atoms with Crippen molar-refractivity contribution in [1.29, 1.82) is 0 Å². The van der Waals surface area contributed by atoms with E-state index < -0.39 is 6.04 Å². The molecule has 4 aliphatic rings. The molecular formula is C39H37ClN8O2S. The lowest BCUT2D eigenvalue weighted by molar-refractivity contribution is -0.125. The molecule has 1 atom stereocenters. The number of carbonyl (C=O) groups excluding carboxylic acids is 2. The molecule has 3 N–H and O–H groups in total. The van der Waals surface area contributed by atoms with Gasteiger partial charge in [-0.2, -0.15) is 0 Å². The zero-order valence-corrected chi connectivity index (χ0v) is 30.2. The van der Waals surface area contributed by atoms with E-state index in [4.69, 9.17) is 16.6 Å². The molecule has 2 amide bonds. The number of nitrogens with one attached hydrogen (secondary N) is 3. The summed E-state index contributed by atoms with van der Waals surface area (Å²) >= 11 is 7.96. The normalized spacial score (nSPS) is 22.9. The molecule has 10 nitrogen and oxygen atoms in total. The van der Waals surface area contributed by atoms with Gasteiger partial charge in [0.1, 0.15) is 22.7 Å². The molecule has 2 fully saturated rings. The van der Waals surface area contributed by atoms with Crippen molar-refractivity contribution in [2.24, 2.45) is 10.4 Å². The molecule has 2 aromatic carbocycles. The number of thiophene rings is 1. The van der Waals surface area contributed by atoms with E-state index in [1.54, 1.807) is 11.3 Å². The predicted molar refractivity (Wildman–Crippen MR) is 200 cm³/mol. The molecule has 0 bridgehead atoms. The van der Waals surface area contributed by atoms with E-state index in [0.717, 1.165) is 81.5 Å². The van der Waals surface area contributed by atoms with Crippen molar-refractivity contribution < 1.29 is 9.59 Å². The Labute approximate surface area is 304 Å². The first-order valence-corrected chi connectivity index (χ1v) is 18.6. The van der Waals surface area contributed by atoms with Gasteiger partial charge in [0.15, 0.2) is 5.82 Å². The molecule has 3 aromatic heterocycles. The van der Waals surface area contributed by atoms with Crippen LogP contribution in [0.4, 0.5) is 11.5 Å². The van der Waals surface area contributed by atoms with Gasteiger partial charge in [-0.25, -0.2) is 4.98 Å². The van der Waals surface area contributed by atoms with Crippen molar-refractivity contribution in [2.75, 3.05) is 10.6 Å². The fraction of sp³-hybridized carbons (Fsp3) is 0.333. The highest BCUT2D eigenvalue weighted by Crippen LogP contribution is 2.56. The fourth-order valence-corrected chi connectivity index (χ4v) is 9.79. The number of carbonyl (C=O) groups is 2. The standard InChI is InChI=1S/C39H37ClN8O2S/c1-20-21(2)51-38-34(20)35(23-6-9-26(40)10-7-23)45-31(37-47-46-22(3)48(37)38)15-33(50)42-27-16-39(17-27)18-28(19-39)43-36-29(5-4-12-41-36)24-8-11-30-25(13-24)14-32(49)44-30/h4-13,27-28,31H,14-19H2,1-3H3,(H,41,43)(H,42,50)(H,44,49)/t27?,28?,31-,39?/m0/s1. The number of rotatable bonds is 7. The van der Waals surface area contributed by atoms with Gasteiger partial charge in [0.25, 0.3) is 0 Å². The van der Waals surface area contributed by atoms with Crippen LogP contribution in [0.2, 0.25) is 5.02 Å². The third kappa shape index (κ3) is 5.63. The van der Waals surface area contributed by atoms with Crippen LogP contribution in [-0.4, -0.2) is 49.4 Å². The van der Waals surface area contributed by atoms with Crippen molar-refractivity contribution in [2.45, 2.75) is 77.4 Å². The molecule has 5 aromatic rings. The third-order valence-electron chi connectivity index (χ3n) is 11.0. The second-order valence-electron chi connectivity index (χ2n) is 14.5. The molecule has 12 heteroatoms. The molecular weight excluding hydrogens is 680 g/mol. The van der Waals surface area contributed by atoms with Gasteiger partial charge in [-0.15, -0.1) is 21.5 Å². The molecule has 5 heterocycles. The van der Waals surface area contributed by atoms with E-state index >= 15 is 0 Å². The summed E-state index contributed by atoms with van der Waals surface area (Å²) in [7, 11) is 0. The van der Waals surface area contributed by atoms with Crippen LogP contribution >= 0.6 is 22.9 Å². The number of nitrogens with zero attached hydrogens (tertiary/aromatic N) is 5. The zero-order chi connectivity index (χ0) is 35.0. The molecule has 0 unspecified atom stereocenters. The predicted octanol–water partition coefficient (Wildman–Crippen LogP) is 7.29. The maximum atomic E-state index is 13.7. The summed E-state index contributed by atoms with van der Waals surface area (Å²) in [5, 5.41) is 20.6. The number of aryl methyl sites for hydroxylation is 2. The smallest absolute Gasteiger partial charge is 0.228 e. The highest BCUT2D eigenvalue weighted by Gasteiger charge is 2.53. The van der Waals surface area contributed by atoms with Gasteiger partial charge in [0, 0.05) is 50.6 Å². The van der Waals surface area contributed by atoms with Crippen LogP contribution in [-0.2, 0) is 16.0 Å². The summed E-state index contributed by atoms with van der Waals surface area (Å²) in [4.78, 5) is 36.7. The van der Waals surface area contributed by atoms with E-state index in [0.29, 0.717) is 23.3 Å². The van der Waals surface area contributed by atoms with Crippen LogP contribution in [0.1, 0.15) is 76.9 Å². The van der Waals surface area contributed by atoms with Gasteiger partial charge >= 0.3 is 0 Å². The summed E-state index contributed by atoms with van der Waals surface area (Å²) in [6.07, 6.45) is 6.42. The minimum Gasteiger partial charge on any atom is -0.367 e. The van der Waals surface area contributed by atoms with Crippen molar-refractivity contribution in [3.05, 3.63) is 105 Å². The van der Waals surface area contributed by atoms with Crippen molar-refractivity contribution in [1.82, 2.24) is 25.1 Å². The number of hydrogen-bond acceptors (Lipinski definition) is 8. The highest BCUT2D eigenvalue weighted by molar-refractivity contribution is 7.15. The molecule has 9 rings (SSSR count). The van der Waals surface area contributed by atoms with E-state index in [-0.39, 0.29) is 29.7 Å². The Morgan fingerprint density at radius 2 is 1.78 bits per heavy atom. The number of benzene rings is 2. The number of halogens is 1. The molecule has 258 valence electrons. The minimum absolute atomic E-state index is 0.0252. The van der Waals surface area contributed by atoms with E-state index in [1.807, 2.05) is 55.6 Å². The average molecular weight is 717 g/mol. The second kappa shape index (κ2) is 12.1. The topological polar surface area (TPSA) is 126 Å². The van der Waals surface area contributed by atoms with Crippen LogP contribution in [0, 0.1) is 26.2 Å². The van der Waals surface area contributed by atoms with Crippen LogP contribution in [0.25, 0.3) is 16.1 Å². The maximum Gasteiger partial charge on any atom is 0.228 e. The van der Waals surface area contributed by atoms with Gasteiger partial charge in [-0.05, 0) is 105 Å². The highest BCUT2D eigenvalue weighted by atomic mass is 35.5. The fourth-order valence-electron chi connectivity index (χ4n) is 8.45. The summed E-state index contributed by atoms with van der Waals surface area (Å²) in [5.74, 6) is 2.33. The lowest BCUT2D eigenvalue weighted by Gasteiger charge is -2.58. The molecule has 2 aliphatic carbocycles. The van der Waals surface area contributed by atoms with Gasteiger partial charge in [0.05, 0.1) is 18.6 Å². The van der Waals surface area contributed by atoms with Crippen LogP contribution in [0.5, 0.6) is 0 Å². The van der Waals surface area contributed by atoms with E-state index in [2.05, 4.69) is 61.7 Å². The van der Waals surface area contributed by atoms with E-state index in [9.17, 15) is 9.59 Å². The Morgan fingerprint density at radius 3 is 2.59 bits per heavy atom. The maximum absolute atomic E-state index is 13.7. The number of aromatic nitrogens is 4. The Bertz CT molecular complexity index is 2260. The van der Waals surface area contributed by atoms with Gasteiger partial charge in [-0.3, -0.25) is 19.1 Å². The zero-order valence-electron chi connectivity index (χ0n) is 28.6. The molecule has 2 aliphatic heterocycles.